The van der Waals surface area contributed by atoms with E-state index in [1.807, 2.05) is 0 Å². The summed E-state index contributed by atoms with van der Waals surface area (Å²) >= 11 is 0. The zero-order valence-corrected chi connectivity index (χ0v) is 36.8. The first-order valence-electron chi connectivity index (χ1n) is 20.4. The van der Waals surface area contributed by atoms with Crippen LogP contribution in [-0.2, 0) is 40.7 Å². The van der Waals surface area contributed by atoms with Gasteiger partial charge in [-0.15, -0.1) is 0 Å². The van der Waals surface area contributed by atoms with Gasteiger partial charge in [-0.05, 0) is 69.9 Å². The molecule has 0 aliphatic carbocycles. The van der Waals surface area contributed by atoms with Crippen molar-refractivity contribution in [3.05, 3.63) is 93.7 Å². The van der Waals surface area contributed by atoms with Crippen molar-refractivity contribution in [2.75, 3.05) is 34.8 Å². The highest BCUT2D eigenvalue weighted by atomic mass is 32.2. The number of nitrogens with zero attached hydrogens (tertiary/aromatic N) is 1. The van der Waals surface area contributed by atoms with E-state index in [0.717, 1.165) is 4.90 Å². The number of nitrogens with one attached hydrogen (secondary N) is 1. The summed E-state index contributed by atoms with van der Waals surface area (Å²) < 4.78 is 188. The van der Waals surface area contributed by atoms with E-state index < -0.39 is 124 Å². The Bertz CT molecular complexity index is 2360. The Morgan fingerprint density at radius 1 is 0.703 bits per heavy atom. The molecule has 3 rings (SSSR count). The molecule has 0 saturated heterocycles. The van der Waals surface area contributed by atoms with Crippen LogP contribution in [0.3, 0.4) is 0 Å². The standard InChI is InChI=1S/C42H52F8N2O10S2/c1-25(41(2,19-8-12-23-63(57,58)59)29-31(43)33(45)35(47)37(49)39(29)51-21-10-4-6-17-27(53)54)15-14-16-26-42(3,20-9-13-24-64(60,61)62)30-32(44)34(46)36(48)38(50)40(30)52(26)22-11-5-7-18-28(55)56/h14-16,51H,1,4-13,17-24H2,2-3H3,(H,53,54)(H,55,56)(H,57,58,59)(H,60,61,62). The molecule has 0 spiro atoms. The van der Waals surface area contributed by atoms with E-state index in [1.54, 1.807) is 0 Å². The maximum Gasteiger partial charge on any atom is 0.303 e. The number of hydrogen-bond donors (Lipinski definition) is 5. The molecule has 64 heavy (non-hydrogen) atoms. The number of fused-ring (bicyclic) bond motifs is 1. The van der Waals surface area contributed by atoms with Gasteiger partial charge < -0.3 is 20.4 Å². The Kier molecular flexibility index (Phi) is 19.0. The van der Waals surface area contributed by atoms with Crippen LogP contribution in [0, 0.1) is 46.5 Å². The molecule has 5 N–H and O–H groups in total. The van der Waals surface area contributed by atoms with Crippen LogP contribution < -0.4 is 10.2 Å². The molecule has 0 aromatic heterocycles. The molecule has 1 heterocycles. The fourth-order valence-electron chi connectivity index (χ4n) is 7.92. The highest BCUT2D eigenvalue weighted by Crippen LogP contribution is 2.54. The first-order valence-corrected chi connectivity index (χ1v) is 23.6. The second-order valence-corrected chi connectivity index (χ2v) is 19.2. The topological polar surface area (TPSA) is 199 Å². The third kappa shape index (κ3) is 13.5. The van der Waals surface area contributed by atoms with Crippen molar-refractivity contribution >= 4 is 43.5 Å². The zero-order valence-electron chi connectivity index (χ0n) is 35.2. The van der Waals surface area contributed by atoms with Gasteiger partial charge in [0.1, 0.15) is 0 Å². The number of anilines is 2. The Labute approximate surface area is 366 Å². The van der Waals surface area contributed by atoms with Crippen LogP contribution in [0.15, 0.2) is 36.1 Å². The van der Waals surface area contributed by atoms with Crippen molar-refractivity contribution in [3.8, 4) is 0 Å². The Balaban J connectivity index is 2.24. The van der Waals surface area contributed by atoms with Crippen molar-refractivity contribution < 1.29 is 80.9 Å². The molecule has 0 saturated carbocycles. The van der Waals surface area contributed by atoms with Crippen molar-refractivity contribution in [1.29, 1.82) is 0 Å². The van der Waals surface area contributed by atoms with Gasteiger partial charge in [-0.25, -0.2) is 35.1 Å². The number of carbonyl (C=O) groups is 2. The van der Waals surface area contributed by atoms with Crippen molar-refractivity contribution in [2.24, 2.45) is 0 Å². The molecule has 0 fully saturated rings. The second kappa shape index (κ2) is 22.6. The summed E-state index contributed by atoms with van der Waals surface area (Å²) in [6, 6.07) is 0. The lowest BCUT2D eigenvalue weighted by molar-refractivity contribution is -0.138. The minimum absolute atomic E-state index is 0.0235. The Hall–Kier alpha value is -4.54. The summed E-state index contributed by atoms with van der Waals surface area (Å²) in [6.07, 6.45) is 3.05. The Morgan fingerprint density at radius 3 is 1.78 bits per heavy atom. The summed E-state index contributed by atoms with van der Waals surface area (Å²) in [5, 5.41) is 20.5. The molecule has 2 atom stereocenters. The molecule has 0 amide bonds. The fraction of sp³-hybridized carbons (Fsp3) is 0.524. The molecule has 2 aromatic carbocycles. The monoisotopic (exact) mass is 960 g/mol. The number of halogens is 8. The van der Waals surface area contributed by atoms with Crippen LogP contribution >= 0.6 is 0 Å². The molecule has 0 radical (unpaired) electrons. The van der Waals surface area contributed by atoms with Crippen molar-refractivity contribution in [2.45, 2.75) is 115 Å². The molecule has 1 aliphatic heterocycles. The number of carboxylic acid groups (broad SMARTS) is 2. The van der Waals surface area contributed by atoms with E-state index >= 15 is 22.0 Å². The van der Waals surface area contributed by atoms with Crippen LogP contribution in [0.25, 0.3) is 0 Å². The van der Waals surface area contributed by atoms with Crippen LogP contribution in [0.1, 0.15) is 115 Å². The van der Waals surface area contributed by atoms with Crippen molar-refractivity contribution in [3.63, 3.8) is 0 Å². The Morgan fingerprint density at radius 2 is 1.22 bits per heavy atom. The number of hydrogen-bond acceptors (Lipinski definition) is 8. The molecule has 22 heteroatoms. The van der Waals surface area contributed by atoms with Gasteiger partial charge in [-0.1, -0.05) is 51.3 Å². The smallest absolute Gasteiger partial charge is 0.303 e. The summed E-state index contributed by atoms with van der Waals surface area (Å²) in [7, 11) is -8.97. The highest BCUT2D eigenvalue weighted by Gasteiger charge is 2.49. The van der Waals surface area contributed by atoms with E-state index in [2.05, 4.69) is 11.9 Å². The largest absolute Gasteiger partial charge is 0.481 e. The predicted molar refractivity (Wildman–Crippen MR) is 222 cm³/mol. The number of carboxylic acids is 2. The van der Waals surface area contributed by atoms with Gasteiger partial charge in [0.15, 0.2) is 46.5 Å². The SMILES string of the molecule is C=C(C=CC=C1N(CCCCCC(=O)O)c2c(F)c(F)c(F)c(F)c2C1(C)CCCCS(=O)(=O)O)C(C)(CCCCS(=O)(=O)O)c1c(F)c(F)c(F)c(F)c1NCCCCCC(=O)O. The maximum absolute atomic E-state index is 16.1. The van der Waals surface area contributed by atoms with Gasteiger partial charge in [0.2, 0.25) is 0 Å². The number of benzene rings is 2. The van der Waals surface area contributed by atoms with Gasteiger partial charge in [0.05, 0.1) is 22.9 Å². The lowest BCUT2D eigenvalue weighted by Crippen LogP contribution is -2.30. The summed E-state index contributed by atoms with van der Waals surface area (Å²) in [6.45, 7) is 6.19. The normalized spacial score (nSPS) is 17.0. The van der Waals surface area contributed by atoms with Crippen LogP contribution in [-0.4, -0.2) is 72.7 Å². The lowest BCUT2D eigenvalue weighted by atomic mass is 9.71. The van der Waals surface area contributed by atoms with E-state index in [1.165, 1.54) is 32.1 Å². The molecule has 2 unspecified atom stereocenters. The summed E-state index contributed by atoms with van der Waals surface area (Å²) in [5.74, 6) is -19.5. The lowest BCUT2D eigenvalue weighted by Gasteiger charge is -2.34. The molecule has 358 valence electrons. The number of aliphatic carboxylic acids is 2. The zero-order chi connectivity index (χ0) is 48.4. The highest BCUT2D eigenvalue weighted by molar-refractivity contribution is 7.86. The van der Waals surface area contributed by atoms with E-state index in [4.69, 9.17) is 10.2 Å². The molecule has 1 aliphatic rings. The number of unbranched alkanes of at least 4 members (excludes halogenated alkanes) is 6. The average Bonchev–Trinajstić information content (AvgIpc) is 3.44. The van der Waals surface area contributed by atoms with E-state index in [9.17, 15) is 48.7 Å². The second-order valence-electron chi connectivity index (χ2n) is 16.1. The van der Waals surface area contributed by atoms with Gasteiger partial charge in [0.25, 0.3) is 20.2 Å². The molecular formula is C42H52F8N2O10S2. The minimum atomic E-state index is -4.50. The molecule has 2 aromatic rings. The molecule has 0 bridgehead atoms. The third-order valence-corrected chi connectivity index (χ3v) is 12.9. The predicted octanol–water partition coefficient (Wildman–Crippen LogP) is 9.65. The van der Waals surface area contributed by atoms with Crippen LogP contribution in [0.5, 0.6) is 0 Å². The molecule has 12 nitrogen and oxygen atoms in total. The van der Waals surface area contributed by atoms with E-state index in [-0.39, 0.29) is 114 Å². The van der Waals surface area contributed by atoms with Crippen LogP contribution in [0.4, 0.5) is 46.5 Å². The van der Waals surface area contributed by atoms with Crippen LogP contribution in [0.2, 0.25) is 0 Å². The average molecular weight is 961 g/mol. The minimum Gasteiger partial charge on any atom is -0.481 e. The summed E-state index contributed by atoms with van der Waals surface area (Å²) in [5.41, 5.74) is -6.84. The van der Waals surface area contributed by atoms with E-state index in [0.29, 0.717) is 0 Å². The van der Waals surface area contributed by atoms with Crippen molar-refractivity contribution in [1.82, 2.24) is 0 Å². The summed E-state index contributed by atoms with van der Waals surface area (Å²) in [4.78, 5) is 23.2. The van der Waals surface area contributed by atoms with Gasteiger partial charge in [0, 0.05) is 53.6 Å². The first kappa shape index (κ1) is 53.8. The van der Waals surface area contributed by atoms with Gasteiger partial charge in [-0.2, -0.15) is 16.8 Å². The maximum atomic E-state index is 16.1. The first-order chi connectivity index (χ1) is 29.7. The quantitative estimate of drug-likeness (QED) is 0.0142. The fourth-order valence-corrected chi connectivity index (χ4v) is 9.06. The third-order valence-electron chi connectivity index (χ3n) is 11.3. The number of rotatable bonds is 27. The van der Waals surface area contributed by atoms with Gasteiger partial charge in [-0.3, -0.25) is 18.7 Å². The molecular weight excluding hydrogens is 909 g/mol. The number of allylic oxidation sites excluding steroid dienone is 5. The van der Waals surface area contributed by atoms with Gasteiger partial charge >= 0.3 is 11.9 Å².